The van der Waals surface area contributed by atoms with Crippen molar-refractivity contribution in [2.24, 2.45) is 0 Å². The number of carbonyl (C=O) groups is 1. The molecule has 0 aromatic heterocycles. The number of Topliss-reactive ketones (excluding diaryl/α,β-unsaturated/α-hetero) is 1. The second-order valence-electron chi connectivity index (χ2n) is 5.88. The Kier molecular flexibility index (Phi) is 4.52. The fraction of sp³-hybridized carbons (Fsp3) is 0.190. The van der Waals surface area contributed by atoms with Crippen molar-refractivity contribution in [1.82, 2.24) is 0 Å². The van der Waals surface area contributed by atoms with Gasteiger partial charge in [0, 0.05) is 0 Å². The normalized spacial score (nSPS) is 16.6. The van der Waals surface area contributed by atoms with Crippen molar-refractivity contribution < 1.29 is 14.3 Å². The van der Waals surface area contributed by atoms with Crippen molar-refractivity contribution in [1.29, 1.82) is 0 Å². The standard InChI is InChI=1S/C21H20O3/c1-14(2)9-10-17-19(23-3)12-11-16-18(22)13-20(24-21(16)17)15-7-5-4-6-8-15/h4-12,20H,1,13H2,2-3H3/b10-9+/t20-/m0/s1. The molecule has 0 aliphatic carbocycles. The van der Waals surface area contributed by atoms with E-state index in [1.54, 1.807) is 19.2 Å². The van der Waals surface area contributed by atoms with Gasteiger partial charge in [-0.25, -0.2) is 0 Å². The van der Waals surface area contributed by atoms with Gasteiger partial charge in [-0.2, -0.15) is 0 Å². The molecule has 1 aliphatic rings. The molecule has 2 aromatic rings. The average molecular weight is 320 g/mol. The minimum atomic E-state index is -0.282. The van der Waals surface area contributed by atoms with Crippen LogP contribution in [0.1, 0.15) is 40.9 Å². The maximum Gasteiger partial charge on any atom is 0.170 e. The second-order valence-corrected chi connectivity index (χ2v) is 5.88. The molecule has 24 heavy (non-hydrogen) atoms. The molecule has 0 radical (unpaired) electrons. The molecule has 0 saturated heterocycles. The Bertz CT molecular complexity index is 803. The minimum Gasteiger partial charge on any atom is -0.496 e. The molecule has 1 aliphatic heterocycles. The Morgan fingerprint density at radius 3 is 2.67 bits per heavy atom. The molecule has 0 unspecified atom stereocenters. The molecule has 1 heterocycles. The van der Waals surface area contributed by atoms with E-state index < -0.39 is 0 Å². The predicted octanol–water partition coefficient (Wildman–Crippen LogP) is 4.99. The molecule has 3 heteroatoms. The van der Waals surface area contributed by atoms with Crippen LogP contribution in [-0.2, 0) is 0 Å². The zero-order valence-corrected chi connectivity index (χ0v) is 13.9. The first-order chi connectivity index (χ1) is 11.6. The van der Waals surface area contributed by atoms with Crippen molar-refractivity contribution in [3.05, 3.63) is 77.4 Å². The number of hydrogen-bond donors (Lipinski definition) is 0. The van der Waals surface area contributed by atoms with E-state index in [-0.39, 0.29) is 11.9 Å². The fourth-order valence-corrected chi connectivity index (χ4v) is 2.81. The van der Waals surface area contributed by atoms with Crippen molar-refractivity contribution in [2.45, 2.75) is 19.4 Å². The highest BCUT2D eigenvalue weighted by Gasteiger charge is 2.30. The highest BCUT2D eigenvalue weighted by Crippen LogP contribution is 2.41. The predicted molar refractivity (Wildman–Crippen MR) is 95.6 cm³/mol. The first-order valence-electron chi connectivity index (χ1n) is 7.89. The van der Waals surface area contributed by atoms with Crippen LogP contribution in [0.15, 0.2) is 60.7 Å². The first-order valence-corrected chi connectivity index (χ1v) is 7.89. The Morgan fingerprint density at radius 2 is 2.00 bits per heavy atom. The third kappa shape index (κ3) is 3.11. The van der Waals surface area contributed by atoms with E-state index in [0.29, 0.717) is 23.5 Å². The molecule has 0 saturated carbocycles. The number of ketones is 1. The summed E-state index contributed by atoms with van der Waals surface area (Å²) in [7, 11) is 1.61. The highest BCUT2D eigenvalue weighted by atomic mass is 16.5. The third-order valence-electron chi connectivity index (χ3n) is 4.01. The Morgan fingerprint density at radius 1 is 1.25 bits per heavy atom. The monoisotopic (exact) mass is 320 g/mol. The van der Waals surface area contributed by atoms with Gasteiger partial charge in [0.2, 0.25) is 0 Å². The molecule has 1 atom stereocenters. The highest BCUT2D eigenvalue weighted by molar-refractivity contribution is 6.01. The van der Waals surface area contributed by atoms with Crippen LogP contribution >= 0.6 is 0 Å². The van der Waals surface area contributed by atoms with Gasteiger partial charge >= 0.3 is 0 Å². The summed E-state index contributed by atoms with van der Waals surface area (Å²) in [5.41, 5.74) is 3.28. The van der Waals surface area contributed by atoms with Crippen LogP contribution in [-0.4, -0.2) is 12.9 Å². The molecule has 3 nitrogen and oxygen atoms in total. The number of rotatable bonds is 4. The Hall–Kier alpha value is -2.81. The molecule has 0 fully saturated rings. The van der Waals surface area contributed by atoms with Gasteiger partial charge in [0.05, 0.1) is 24.7 Å². The lowest BCUT2D eigenvalue weighted by molar-refractivity contribution is 0.0849. The largest absolute Gasteiger partial charge is 0.496 e. The number of fused-ring (bicyclic) bond motifs is 1. The lowest BCUT2D eigenvalue weighted by atomic mass is 9.94. The quantitative estimate of drug-likeness (QED) is 0.744. The molecule has 3 rings (SSSR count). The maximum atomic E-state index is 12.6. The smallest absolute Gasteiger partial charge is 0.170 e. The van der Waals surface area contributed by atoms with Crippen molar-refractivity contribution in [3.8, 4) is 11.5 Å². The minimum absolute atomic E-state index is 0.0812. The number of allylic oxidation sites excluding steroid dienone is 2. The van der Waals surface area contributed by atoms with E-state index in [0.717, 1.165) is 16.7 Å². The van der Waals surface area contributed by atoms with Crippen LogP contribution in [0.2, 0.25) is 0 Å². The third-order valence-corrected chi connectivity index (χ3v) is 4.01. The summed E-state index contributed by atoms with van der Waals surface area (Å²) in [5.74, 6) is 1.34. The topological polar surface area (TPSA) is 35.5 Å². The number of benzene rings is 2. The molecule has 0 spiro atoms. The van der Waals surface area contributed by atoms with E-state index in [9.17, 15) is 4.79 Å². The van der Waals surface area contributed by atoms with Crippen molar-refractivity contribution in [2.75, 3.05) is 7.11 Å². The van der Waals surface area contributed by atoms with Crippen LogP contribution in [0, 0.1) is 0 Å². The van der Waals surface area contributed by atoms with Gasteiger partial charge in [0.25, 0.3) is 0 Å². The van der Waals surface area contributed by atoms with Crippen LogP contribution < -0.4 is 9.47 Å². The number of ether oxygens (including phenoxy) is 2. The van der Waals surface area contributed by atoms with Gasteiger partial charge in [0.1, 0.15) is 17.6 Å². The Balaban J connectivity index is 2.08. The lowest BCUT2D eigenvalue weighted by Gasteiger charge is -2.27. The summed E-state index contributed by atoms with van der Waals surface area (Å²) in [6.45, 7) is 5.79. The van der Waals surface area contributed by atoms with E-state index >= 15 is 0 Å². The molecular formula is C21H20O3. The lowest BCUT2D eigenvalue weighted by Crippen LogP contribution is -2.21. The summed E-state index contributed by atoms with van der Waals surface area (Å²) < 4.78 is 11.7. The first kappa shape index (κ1) is 16.1. The molecule has 0 N–H and O–H groups in total. The molecule has 2 aromatic carbocycles. The summed E-state index contributed by atoms with van der Waals surface area (Å²) in [4.78, 5) is 12.6. The zero-order valence-electron chi connectivity index (χ0n) is 13.9. The summed E-state index contributed by atoms with van der Waals surface area (Å²) >= 11 is 0. The average Bonchev–Trinajstić information content (AvgIpc) is 2.60. The maximum absolute atomic E-state index is 12.6. The van der Waals surface area contributed by atoms with Crippen molar-refractivity contribution >= 4 is 11.9 Å². The molecule has 0 bridgehead atoms. The number of hydrogen-bond acceptors (Lipinski definition) is 3. The van der Waals surface area contributed by atoms with Crippen LogP contribution in [0.3, 0.4) is 0 Å². The van der Waals surface area contributed by atoms with Crippen LogP contribution in [0.4, 0.5) is 0 Å². The molecule has 122 valence electrons. The second kappa shape index (κ2) is 6.75. The summed E-state index contributed by atoms with van der Waals surface area (Å²) in [6, 6.07) is 13.4. The van der Waals surface area contributed by atoms with Gasteiger partial charge in [0.15, 0.2) is 5.78 Å². The van der Waals surface area contributed by atoms with E-state index in [1.165, 1.54) is 0 Å². The van der Waals surface area contributed by atoms with Gasteiger partial charge in [-0.15, -0.1) is 0 Å². The zero-order chi connectivity index (χ0) is 17.1. The summed E-state index contributed by atoms with van der Waals surface area (Å²) in [6.07, 6.45) is 3.83. The fourth-order valence-electron chi connectivity index (χ4n) is 2.81. The summed E-state index contributed by atoms with van der Waals surface area (Å²) in [5, 5.41) is 0. The Labute approximate surface area is 142 Å². The number of carbonyl (C=O) groups excluding carboxylic acids is 1. The van der Waals surface area contributed by atoms with Gasteiger partial charge in [-0.05, 0) is 30.7 Å². The van der Waals surface area contributed by atoms with Gasteiger partial charge in [-0.3, -0.25) is 4.79 Å². The number of methoxy groups -OCH3 is 1. The van der Waals surface area contributed by atoms with E-state index in [1.807, 2.05) is 49.4 Å². The van der Waals surface area contributed by atoms with E-state index in [4.69, 9.17) is 9.47 Å². The van der Waals surface area contributed by atoms with Crippen LogP contribution in [0.25, 0.3) is 6.08 Å². The van der Waals surface area contributed by atoms with Gasteiger partial charge in [-0.1, -0.05) is 48.6 Å². The van der Waals surface area contributed by atoms with Crippen LogP contribution in [0.5, 0.6) is 11.5 Å². The van der Waals surface area contributed by atoms with E-state index in [2.05, 4.69) is 6.58 Å². The van der Waals surface area contributed by atoms with Gasteiger partial charge < -0.3 is 9.47 Å². The molecular weight excluding hydrogens is 300 g/mol. The SMILES string of the molecule is C=C(C)/C=C/c1c(OC)ccc2c1O[C@H](c1ccccc1)CC2=O. The van der Waals surface area contributed by atoms with Crippen molar-refractivity contribution in [3.63, 3.8) is 0 Å². The molecule has 0 amide bonds.